The second-order valence-electron chi connectivity index (χ2n) is 3.21. The molecule has 0 spiro atoms. The molecule has 1 aromatic carbocycles. The second-order valence-corrected chi connectivity index (χ2v) is 3.86. The third-order valence-corrected chi connectivity index (χ3v) is 2.31. The topological polar surface area (TPSA) is 26.3 Å². The molecule has 0 saturated carbocycles. The van der Waals surface area contributed by atoms with Crippen LogP contribution in [0.4, 0.5) is 8.78 Å². The van der Waals surface area contributed by atoms with Crippen molar-refractivity contribution in [2.45, 2.75) is 18.7 Å². The number of para-hydroxylation sites is 1. The van der Waals surface area contributed by atoms with Gasteiger partial charge < -0.3 is 4.74 Å². The maximum atomic E-state index is 12.6. The summed E-state index contributed by atoms with van der Waals surface area (Å²) >= 11 is 5.63. The zero-order valence-electron chi connectivity index (χ0n) is 8.84. The van der Waals surface area contributed by atoms with Gasteiger partial charge in [0.1, 0.15) is 5.75 Å². The van der Waals surface area contributed by atoms with E-state index in [2.05, 4.69) is 0 Å². The lowest BCUT2D eigenvalue weighted by molar-refractivity contribution is 0.0987. The minimum absolute atomic E-state index is 0.0859. The van der Waals surface area contributed by atoms with E-state index in [1.54, 1.807) is 0 Å². The summed E-state index contributed by atoms with van der Waals surface area (Å²) in [5.74, 6) is -0.531. The van der Waals surface area contributed by atoms with Crippen LogP contribution in [0.1, 0.15) is 29.3 Å². The van der Waals surface area contributed by atoms with Crippen LogP contribution >= 0.6 is 11.6 Å². The van der Waals surface area contributed by atoms with Crippen molar-refractivity contribution in [2.24, 2.45) is 0 Å². The lowest BCUT2D eigenvalue weighted by atomic mass is 10.0. The molecule has 0 bridgehead atoms. The molecule has 0 N–H and O–H groups in total. The van der Waals surface area contributed by atoms with E-state index in [1.807, 2.05) is 0 Å². The standard InChI is InChI=1S/C11H11ClF2O2/c1-6(12)9(15)7-4-3-5-8(11(13)14)10(7)16-2/h3-6,11H,1-2H3. The van der Waals surface area contributed by atoms with E-state index in [9.17, 15) is 13.6 Å². The van der Waals surface area contributed by atoms with Crippen LogP contribution in [0.25, 0.3) is 0 Å². The van der Waals surface area contributed by atoms with E-state index in [1.165, 1.54) is 32.2 Å². The van der Waals surface area contributed by atoms with Gasteiger partial charge in [0.25, 0.3) is 6.43 Å². The lowest BCUT2D eigenvalue weighted by Gasteiger charge is -2.12. The Labute approximate surface area is 97.2 Å². The number of rotatable bonds is 4. The summed E-state index contributed by atoms with van der Waals surface area (Å²) in [5.41, 5.74) is -0.214. The van der Waals surface area contributed by atoms with Crippen LogP contribution in [0, 0.1) is 0 Å². The molecular formula is C11H11ClF2O2. The molecule has 5 heteroatoms. The van der Waals surface area contributed by atoms with Gasteiger partial charge in [-0.25, -0.2) is 8.78 Å². The Morgan fingerprint density at radius 2 is 2.06 bits per heavy atom. The molecule has 0 fully saturated rings. The van der Waals surface area contributed by atoms with Gasteiger partial charge in [0.15, 0.2) is 5.78 Å². The number of Topliss-reactive ketones (excluding diaryl/α,β-unsaturated/α-hetero) is 1. The molecule has 0 heterocycles. The van der Waals surface area contributed by atoms with Crippen LogP contribution in [0.3, 0.4) is 0 Å². The molecule has 1 unspecified atom stereocenters. The number of carbonyl (C=O) groups excluding carboxylic acids is 1. The molecule has 1 rings (SSSR count). The van der Waals surface area contributed by atoms with E-state index < -0.39 is 17.6 Å². The molecule has 88 valence electrons. The Bertz CT molecular complexity index is 392. The van der Waals surface area contributed by atoms with Gasteiger partial charge in [-0.1, -0.05) is 6.07 Å². The highest BCUT2D eigenvalue weighted by atomic mass is 35.5. The maximum Gasteiger partial charge on any atom is 0.267 e. The monoisotopic (exact) mass is 248 g/mol. The minimum Gasteiger partial charge on any atom is -0.495 e. The third-order valence-electron chi connectivity index (χ3n) is 2.11. The zero-order valence-corrected chi connectivity index (χ0v) is 9.59. The van der Waals surface area contributed by atoms with Crippen molar-refractivity contribution in [1.29, 1.82) is 0 Å². The van der Waals surface area contributed by atoms with E-state index in [-0.39, 0.29) is 16.9 Å². The Morgan fingerprint density at radius 3 is 2.50 bits per heavy atom. The summed E-state index contributed by atoms with van der Waals surface area (Å²) in [7, 11) is 1.25. The van der Waals surface area contributed by atoms with Gasteiger partial charge in [-0.2, -0.15) is 0 Å². The Kier molecular flexibility index (Phi) is 4.24. The summed E-state index contributed by atoms with van der Waals surface area (Å²) in [6.45, 7) is 1.48. The van der Waals surface area contributed by atoms with E-state index in [4.69, 9.17) is 16.3 Å². The van der Waals surface area contributed by atoms with Crippen molar-refractivity contribution in [2.75, 3.05) is 7.11 Å². The molecule has 1 atom stereocenters. The van der Waals surface area contributed by atoms with E-state index in [0.717, 1.165) is 0 Å². The van der Waals surface area contributed by atoms with Crippen LogP contribution < -0.4 is 4.74 Å². The number of ether oxygens (including phenoxy) is 1. The fourth-order valence-electron chi connectivity index (χ4n) is 1.36. The normalized spacial score (nSPS) is 12.6. The van der Waals surface area contributed by atoms with Gasteiger partial charge in [-0.15, -0.1) is 11.6 Å². The van der Waals surface area contributed by atoms with Crippen LogP contribution in [0.15, 0.2) is 18.2 Å². The number of benzene rings is 1. The zero-order chi connectivity index (χ0) is 12.3. The fraction of sp³-hybridized carbons (Fsp3) is 0.364. The van der Waals surface area contributed by atoms with Crippen LogP contribution in [0.5, 0.6) is 5.75 Å². The van der Waals surface area contributed by atoms with Gasteiger partial charge in [0.2, 0.25) is 0 Å². The first-order chi connectivity index (χ1) is 7.49. The molecule has 0 aliphatic carbocycles. The molecular weight excluding hydrogens is 238 g/mol. The molecule has 0 aromatic heterocycles. The number of hydrogen-bond acceptors (Lipinski definition) is 2. The number of ketones is 1. The molecule has 0 radical (unpaired) electrons. The summed E-state index contributed by atoms with van der Waals surface area (Å²) in [4.78, 5) is 11.6. The first-order valence-corrected chi connectivity index (χ1v) is 5.06. The smallest absolute Gasteiger partial charge is 0.267 e. The van der Waals surface area contributed by atoms with Gasteiger partial charge in [0, 0.05) is 0 Å². The van der Waals surface area contributed by atoms with Gasteiger partial charge in [-0.3, -0.25) is 4.79 Å². The van der Waals surface area contributed by atoms with Crippen LogP contribution in [0.2, 0.25) is 0 Å². The van der Waals surface area contributed by atoms with E-state index >= 15 is 0 Å². The first kappa shape index (κ1) is 12.9. The lowest BCUT2D eigenvalue weighted by Crippen LogP contribution is -2.13. The van der Waals surface area contributed by atoms with Crippen molar-refractivity contribution in [1.82, 2.24) is 0 Å². The molecule has 0 aliphatic rings. The minimum atomic E-state index is -2.69. The number of carbonyl (C=O) groups is 1. The SMILES string of the molecule is COc1c(C(=O)C(C)Cl)cccc1C(F)F. The Morgan fingerprint density at radius 1 is 1.44 bits per heavy atom. The number of alkyl halides is 3. The third kappa shape index (κ3) is 2.50. The maximum absolute atomic E-state index is 12.6. The number of halogens is 3. The molecule has 0 aliphatic heterocycles. The predicted octanol–water partition coefficient (Wildman–Crippen LogP) is 3.44. The number of methoxy groups -OCH3 is 1. The van der Waals surface area contributed by atoms with Crippen molar-refractivity contribution in [3.8, 4) is 5.75 Å². The van der Waals surface area contributed by atoms with Crippen molar-refractivity contribution in [3.05, 3.63) is 29.3 Å². The van der Waals surface area contributed by atoms with E-state index in [0.29, 0.717) is 0 Å². The summed E-state index contributed by atoms with van der Waals surface area (Å²) in [6, 6.07) is 4.03. The predicted molar refractivity (Wildman–Crippen MR) is 57.6 cm³/mol. The summed E-state index contributed by atoms with van der Waals surface area (Å²) < 4.78 is 30.1. The van der Waals surface area contributed by atoms with Crippen LogP contribution in [-0.2, 0) is 0 Å². The highest BCUT2D eigenvalue weighted by molar-refractivity contribution is 6.34. The largest absolute Gasteiger partial charge is 0.495 e. The van der Waals surface area contributed by atoms with Gasteiger partial charge in [0.05, 0.1) is 23.6 Å². The highest BCUT2D eigenvalue weighted by Gasteiger charge is 2.22. The van der Waals surface area contributed by atoms with Gasteiger partial charge in [-0.05, 0) is 19.1 Å². The molecule has 0 amide bonds. The van der Waals surface area contributed by atoms with Crippen molar-refractivity contribution in [3.63, 3.8) is 0 Å². The van der Waals surface area contributed by atoms with Crippen molar-refractivity contribution >= 4 is 17.4 Å². The average molecular weight is 249 g/mol. The average Bonchev–Trinajstić information content (AvgIpc) is 2.26. The van der Waals surface area contributed by atoms with Crippen LogP contribution in [-0.4, -0.2) is 18.3 Å². The van der Waals surface area contributed by atoms with Gasteiger partial charge >= 0.3 is 0 Å². The highest BCUT2D eigenvalue weighted by Crippen LogP contribution is 2.32. The molecule has 2 nitrogen and oxygen atoms in total. The Hall–Kier alpha value is -1.16. The molecule has 16 heavy (non-hydrogen) atoms. The number of hydrogen-bond donors (Lipinski definition) is 0. The molecule has 1 aromatic rings. The quantitative estimate of drug-likeness (QED) is 0.603. The fourth-order valence-corrected chi connectivity index (χ4v) is 1.48. The second kappa shape index (κ2) is 5.25. The summed E-state index contributed by atoms with van der Waals surface area (Å²) in [6.07, 6.45) is -2.69. The summed E-state index contributed by atoms with van der Waals surface area (Å²) in [5, 5.41) is -0.776. The molecule has 0 saturated heterocycles. The van der Waals surface area contributed by atoms with Crippen molar-refractivity contribution < 1.29 is 18.3 Å². The first-order valence-electron chi connectivity index (χ1n) is 4.62. The Balaban J connectivity index is 3.29.